The monoisotopic (exact) mass is 281 g/mol. The van der Waals surface area contributed by atoms with Crippen LogP contribution in [-0.2, 0) is 12.8 Å². The Kier molecular flexibility index (Phi) is 5.18. The zero-order valence-corrected chi connectivity index (χ0v) is 11.2. The molecule has 102 valence electrons. The number of nitrogens with one attached hydrogen (secondary N) is 1. The Morgan fingerprint density at radius 3 is 2.95 bits per heavy atom. The van der Waals surface area contributed by atoms with Crippen molar-refractivity contribution in [3.8, 4) is 0 Å². The standard InChI is InChI=1S/C13H16ClN3O2/c14-7-6-12-16-17-13(19-12)15-11-5-1-3-10(9-11)4-2-8-18/h1,3,5,9,18H,2,4,6-8H2,(H,15,17). The molecule has 2 rings (SSSR count). The minimum atomic E-state index is 0.198. The molecule has 0 unspecified atom stereocenters. The molecule has 0 fully saturated rings. The largest absolute Gasteiger partial charge is 0.408 e. The number of aliphatic hydroxyl groups is 1. The first-order valence-electron chi connectivity index (χ1n) is 6.17. The van der Waals surface area contributed by atoms with E-state index < -0.39 is 0 Å². The van der Waals surface area contributed by atoms with E-state index in [0.717, 1.165) is 24.1 Å². The molecule has 0 aliphatic heterocycles. The molecular formula is C13H16ClN3O2. The van der Waals surface area contributed by atoms with Gasteiger partial charge in [0.05, 0.1) is 0 Å². The maximum atomic E-state index is 8.83. The highest BCUT2D eigenvalue weighted by atomic mass is 35.5. The SMILES string of the molecule is OCCCc1cccc(Nc2nnc(CCCl)o2)c1. The van der Waals surface area contributed by atoms with Crippen LogP contribution in [0.5, 0.6) is 0 Å². The first kappa shape index (κ1) is 13.8. The molecule has 0 aliphatic rings. The van der Waals surface area contributed by atoms with E-state index >= 15 is 0 Å². The molecule has 19 heavy (non-hydrogen) atoms. The van der Waals surface area contributed by atoms with Crippen LogP contribution in [0.15, 0.2) is 28.7 Å². The van der Waals surface area contributed by atoms with Crippen molar-refractivity contribution in [3.05, 3.63) is 35.7 Å². The summed E-state index contributed by atoms with van der Waals surface area (Å²) in [5, 5.41) is 19.7. The molecule has 0 radical (unpaired) electrons. The highest BCUT2D eigenvalue weighted by Gasteiger charge is 2.05. The molecule has 0 aliphatic carbocycles. The molecule has 0 atom stereocenters. The van der Waals surface area contributed by atoms with Gasteiger partial charge in [-0.2, -0.15) is 0 Å². The lowest BCUT2D eigenvalue weighted by molar-refractivity contribution is 0.288. The Bertz CT molecular complexity index is 516. The van der Waals surface area contributed by atoms with Crippen LogP contribution < -0.4 is 5.32 Å². The summed E-state index contributed by atoms with van der Waals surface area (Å²) < 4.78 is 5.39. The summed E-state index contributed by atoms with van der Waals surface area (Å²) in [5.74, 6) is 0.979. The fourth-order valence-corrected chi connectivity index (χ4v) is 1.86. The Labute approximate surface area is 116 Å². The van der Waals surface area contributed by atoms with E-state index in [1.165, 1.54) is 0 Å². The van der Waals surface area contributed by atoms with Gasteiger partial charge in [0, 0.05) is 24.6 Å². The van der Waals surface area contributed by atoms with E-state index in [-0.39, 0.29) is 6.61 Å². The van der Waals surface area contributed by atoms with Crippen LogP contribution in [0.3, 0.4) is 0 Å². The number of aromatic nitrogens is 2. The number of alkyl halides is 1. The van der Waals surface area contributed by atoms with E-state index in [0.29, 0.717) is 24.2 Å². The average Bonchev–Trinajstić information content (AvgIpc) is 2.85. The van der Waals surface area contributed by atoms with E-state index in [1.54, 1.807) is 0 Å². The number of rotatable bonds is 7. The van der Waals surface area contributed by atoms with Gasteiger partial charge >= 0.3 is 6.01 Å². The third-order valence-corrected chi connectivity index (χ3v) is 2.77. The second kappa shape index (κ2) is 7.11. The zero-order chi connectivity index (χ0) is 13.5. The quantitative estimate of drug-likeness (QED) is 0.763. The molecule has 0 saturated carbocycles. The molecule has 1 aromatic carbocycles. The van der Waals surface area contributed by atoms with Crippen molar-refractivity contribution in [2.45, 2.75) is 19.3 Å². The maximum Gasteiger partial charge on any atom is 0.320 e. The lowest BCUT2D eigenvalue weighted by Crippen LogP contribution is -1.93. The summed E-state index contributed by atoms with van der Waals surface area (Å²) >= 11 is 5.61. The van der Waals surface area contributed by atoms with Crippen molar-refractivity contribution in [1.82, 2.24) is 10.2 Å². The number of halogens is 1. The minimum absolute atomic E-state index is 0.198. The summed E-state index contributed by atoms with van der Waals surface area (Å²) in [6, 6.07) is 8.26. The first-order valence-corrected chi connectivity index (χ1v) is 6.70. The molecule has 0 bridgehead atoms. The summed E-state index contributed by atoms with van der Waals surface area (Å²) in [6.07, 6.45) is 2.16. The predicted molar refractivity (Wildman–Crippen MR) is 73.9 cm³/mol. The highest BCUT2D eigenvalue weighted by Crippen LogP contribution is 2.17. The van der Waals surface area contributed by atoms with Crippen molar-refractivity contribution < 1.29 is 9.52 Å². The van der Waals surface area contributed by atoms with Crippen LogP contribution in [0, 0.1) is 0 Å². The van der Waals surface area contributed by atoms with Crippen molar-refractivity contribution in [2.75, 3.05) is 17.8 Å². The molecule has 0 spiro atoms. The molecule has 5 nitrogen and oxygen atoms in total. The molecule has 2 N–H and O–H groups in total. The molecule has 1 heterocycles. The minimum Gasteiger partial charge on any atom is -0.408 e. The summed E-state index contributed by atoms with van der Waals surface area (Å²) in [6.45, 7) is 0.198. The molecule has 0 amide bonds. The third kappa shape index (κ3) is 4.22. The number of hydrogen-bond donors (Lipinski definition) is 2. The first-order chi connectivity index (χ1) is 9.31. The van der Waals surface area contributed by atoms with E-state index in [1.807, 2.05) is 24.3 Å². The number of nitrogens with zero attached hydrogens (tertiary/aromatic N) is 2. The molecular weight excluding hydrogens is 266 g/mol. The van der Waals surface area contributed by atoms with E-state index in [4.69, 9.17) is 21.1 Å². The maximum absolute atomic E-state index is 8.83. The topological polar surface area (TPSA) is 71.2 Å². The zero-order valence-electron chi connectivity index (χ0n) is 10.5. The second-order valence-electron chi connectivity index (χ2n) is 4.09. The van der Waals surface area contributed by atoms with Gasteiger partial charge < -0.3 is 14.8 Å². The Morgan fingerprint density at radius 2 is 2.16 bits per heavy atom. The number of benzene rings is 1. The Morgan fingerprint density at radius 1 is 1.26 bits per heavy atom. The number of aliphatic hydroxyl groups excluding tert-OH is 1. The van der Waals surface area contributed by atoms with Crippen molar-refractivity contribution in [2.24, 2.45) is 0 Å². The molecule has 0 saturated heterocycles. The third-order valence-electron chi connectivity index (χ3n) is 2.58. The van der Waals surface area contributed by atoms with Crippen LogP contribution >= 0.6 is 11.6 Å². The van der Waals surface area contributed by atoms with Gasteiger partial charge in [0.1, 0.15) is 0 Å². The lowest BCUT2D eigenvalue weighted by Gasteiger charge is -2.04. The van der Waals surface area contributed by atoms with Crippen LogP contribution in [0.2, 0.25) is 0 Å². The summed E-state index contributed by atoms with van der Waals surface area (Å²) in [4.78, 5) is 0. The second-order valence-corrected chi connectivity index (χ2v) is 4.47. The van der Waals surface area contributed by atoms with Crippen LogP contribution in [-0.4, -0.2) is 27.8 Å². The molecule has 1 aromatic heterocycles. The van der Waals surface area contributed by atoms with Gasteiger partial charge in [0.25, 0.3) is 0 Å². The Hall–Kier alpha value is -1.59. The van der Waals surface area contributed by atoms with E-state index in [9.17, 15) is 0 Å². The molecule has 6 heteroatoms. The van der Waals surface area contributed by atoms with Gasteiger partial charge in [-0.3, -0.25) is 0 Å². The van der Waals surface area contributed by atoms with Gasteiger partial charge in [-0.15, -0.1) is 16.7 Å². The van der Waals surface area contributed by atoms with Gasteiger partial charge in [0.15, 0.2) is 0 Å². The van der Waals surface area contributed by atoms with Crippen LogP contribution in [0.4, 0.5) is 11.7 Å². The predicted octanol–water partition coefficient (Wildman–Crippen LogP) is 2.52. The fraction of sp³-hybridized carbons (Fsp3) is 0.385. The van der Waals surface area contributed by atoms with E-state index in [2.05, 4.69) is 15.5 Å². The smallest absolute Gasteiger partial charge is 0.320 e. The number of hydrogen-bond acceptors (Lipinski definition) is 5. The van der Waals surface area contributed by atoms with Crippen LogP contribution in [0.25, 0.3) is 0 Å². The fourth-order valence-electron chi connectivity index (χ4n) is 1.70. The normalized spacial score (nSPS) is 10.6. The highest BCUT2D eigenvalue weighted by molar-refractivity contribution is 6.17. The van der Waals surface area contributed by atoms with Crippen molar-refractivity contribution in [1.29, 1.82) is 0 Å². The van der Waals surface area contributed by atoms with Gasteiger partial charge in [-0.1, -0.05) is 17.2 Å². The van der Waals surface area contributed by atoms with Gasteiger partial charge in [-0.25, -0.2) is 0 Å². The van der Waals surface area contributed by atoms with Gasteiger partial charge in [-0.05, 0) is 30.5 Å². The molecule has 2 aromatic rings. The lowest BCUT2D eigenvalue weighted by atomic mass is 10.1. The average molecular weight is 282 g/mol. The summed E-state index contributed by atoms with van der Waals surface area (Å²) in [7, 11) is 0. The number of aryl methyl sites for hydroxylation is 2. The van der Waals surface area contributed by atoms with Crippen molar-refractivity contribution in [3.63, 3.8) is 0 Å². The van der Waals surface area contributed by atoms with Crippen LogP contribution in [0.1, 0.15) is 17.9 Å². The number of anilines is 2. The Balaban J connectivity index is 2.01. The van der Waals surface area contributed by atoms with Crippen molar-refractivity contribution >= 4 is 23.3 Å². The van der Waals surface area contributed by atoms with Gasteiger partial charge in [0.2, 0.25) is 5.89 Å². The summed E-state index contributed by atoms with van der Waals surface area (Å²) in [5.41, 5.74) is 2.04.